The molecule has 112 valence electrons. The fourth-order valence-corrected chi connectivity index (χ4v) is 1.72. The van der Waals surface area contributed by atoms with Crippen LogP contribution in [-0.2, 0) is 13.6 Å². The van der Waals surface area contributed by atoms with Crippen LogP contribution in [0.2, 0.25) is 0 Å². The van der Waals surface area contributed by atoms with Crippen LogP contribution >= 0.6 is 0 Å². The van der Waals surface area contributed by atoms with Crippen molar-refractivity contribution in [2.24, 2.45) is 7.05 Å². The standard InChI is InChI=1S/C13H17FN6O/c1-3-4-15-12-10(5-9(14)6-16-12)13(21)17-7-11-18-8-20(2)19-11/h5-6,8H,3-4,7H2,1-2H3,(H,15,16)(H,17,21). The summed E-state index contributed by atoms with van der Waals surface area (Å²) in [7, 11) is 1.74. The summed E-state index contributed by atoms with van der Waals surface area (Å²) in [6, 6.07) is 1.16. The minimum absolute atomic E-state index is 0.166. The lowest BCUT2D eigenvalue weighted by molar-refractivity contribution is 0.0950. The molecule has 0 aliphatic carbocycles. The Labute approximate surface area is 121 Å². The number of nitrogens with one attached hydrogen (secondary N) is 2. The molecule has 2 N–H and O–H groups in total. The Hall–Kier alpha value is -2.51. The van der Waals surface area contributed by atoms with E-state index in [0.29, 0.717) is 18.2 Å². The van der Waals surface area contributed by atoms with Gasteiger partial charge in [0.15, 0.2) is 5.82 Å². The van der Waals surface area contributed by atoms with Crippen LogP contribution in [-0.4, -0.2) is 32.2 Å². The maximum atomic E-state index is 13.3. The molecule has 0 saturated carbocycles. The monoisotopic (exact) mass is 292 g/mol. The largest absolute Gasteiger partial charge is 0.369 e. The van der Waals surface area contributed by atoms with Crippen molar-refractivity contribution in [2.75, 3.05) is 11.9 Å². The van der Waals surface area contributed by atoms with Gasteiger partial charge in [0.25, 0.3) is 5.91 Å². The van der Waals surface area contributed by atoms with Crippen molar-refractivity contribution < 1.29 is 9.18 Å². The van der Waals surface area contributed by atoms with Gasteiger partial charge >= 0.3 is 0 Å². The second-order valence-electron chi connectivity index (χ2n) is 4.49. The van der Waals surface area contributed by atoms with E-state index in [4.69, 9.17) is 0 Å². The molecule has 1 amide bonds. The molecule has 2 heterocycles. The minimum atomic E-state index is -0.557. The van der Waals surface area contributed by atoms with Crippen molar-refractivity contribution in [2.45, 2.75) is 19.9 Å². The maximum absolute atomic E-state index is 13.3. The number of carbonyl (C=O) groups excluding carboxylic acids is 1. The average molecular weight is 292 g/mol. The van der Waals surface area contributed by atoms with E-state index in [0.717, 1.165) is 18.7 Å². The first-order chi connectivity index (χ1) is 10.1. The lowest BCUT2D eigenvalue weighted by Crippen LogP contribution is -2.25. The zero-order valence-corrected chi connectivity index (χ0v) is 11.9. The number of aromatic nitrogens is 4. The molecule has 2 aromatic heterocycles. The molecule has 0 bridgehead atoms. The molecule has 2 rings (SSSR count). The number of pyridine rings is 1. The van der Waals surface area contributed by atoms with Gasteiger partial charge in [0.1, 0.15) is 18.0 Å². The van der Waals surface area contributed by atoms with Gasteiger partial charge in [0.05, 0.1) is 18.3 Å². The van der Waals surface area contributed by atoms with Gasteiger partial charge in [-0.15, -0.1) is 0 Å². The van der Waals surface area contributed by atoms with Crippen LogP contribution in [0, 0.1) is 5.82 Å². The molecule has 0 aliphatic rings. The third-order valence-electron chi connectivity index (χ3n) is 2.70. The SMILES string of the molecule is CCCNc1ncc(F)cc1C(=O)NCc1ncn(C)n1. The van der Waals surface area contributed by atoms with Crippen molar-refractivity contribution in [3.63, 3.8) is 0 Å². The Morgan fingerprint density at radius 1 is 1.43 bits per heavy atom. The molecule has 8 heteroatoms. The number of anilines is 1. The summed E-state index contributed by atoms with van der Waals surface area (Å²) in [4.78, 5) is 20.1. The summed E-state index contributed by atoms with van der Waals surface area (Å²) in [5.74, 6) is -0.130. The maximum Gasteiger partial charge on any atom is 0.255 e. The highest BCUT2D eigenvalue weighted by atomic mass is 19.1. The second-order valence-corrected chi connectivity index (χ2v) is 4.49. The van der Waals surface area contributed by atoms with Crippen LogP contribution in [0.3, 0.4) is 0 Å². The predicted molar refractivity (Wildman–Crippen MR) is 75.1 cm³/mol. The molecule has 0 saturated heterocycles. The Bertz CT molecular complexity index is 627. The van der Waals surface area contributed by atoms with Gasteiger partial charge < -0.3 is 10.6 Å². The Morgan fingerprint density at radius 3 is 2.90 bits per heavy atom. The molecular weight excluding hydrogens is 275 g/mol. The van der Waals surface area contributed by atoms with Gasteiger partial charge in [-0.25, -0.2) is 14.4 Å². The predicted octanol–water partition coefficient (Wildman–Crippen LogP) is 1.10. The molecule has 0 atom stereocenters. The molecule has 21 heavy (non-hydrogen) atoms. The first-order valence-electron chi connectivity index (χ1n) is 6.62. The highest BCUT2D eigenvalue weighted by Gasteiger charge is 2.14. The van der Waals surface area contributed by atoms with E-state index in [-0.39, 0.29) is 12.1 Å². The van der Waals surface area contributed by atoms with Crippen molar-refractivity contribution in [1.29, 1.82) is 0 Å². The Kier molecular flexibility index (Phi) is 4.81. The van der Waals surface area contributed by atoms with Crippen molar-refractivity contribution in [1.82, 2.24) is 25.1 Å². The van der Waals surface area contributed by atoms with Gasteiger partial charge in [-0.3, -0.25) is 9.48 Å². The molecular formula is C13H17FN6O. The summed E-state index contributed by atoms with van der Waals surface area (Å²) in [5.41, 5.74) is 0.166. The minimum Gasteiger partial charge on any atom is -0.369 e. The molecule has 2 aromatic rings. The Morgan fingerprint density at radius 2 is 2.24 bits per heavy atom. The summed E-state index contributed by atoms with van der Waals surface area (Å²) >= 11 is 0. The topological polar surface area (TPSA) is 84.7 Å². The highest BCUT2D eigenvalue weighted by molar-refractivity contribution is 5.98. The number of amides is 1. The zero-order valence-electron chi connectivity index (χ0n) is 11.9. The van der Waals surface area contributed by atoms with E-state index >= 15 is 0 Å². The van der Waals surface area contributed by atoms with Crippen LogP contribution < -0.4 is 10.6 Å². The van der Waals surface area contributed by atoms with Crippen LogP contribution in [0.1, 0.15) is 29.5 Å². The molecule has 7 nitrogen and oxygen atoms in total. The number of nitrogens with zero attached hydrogens (tertiary/aromatic N) is 4. The van der Waals surface area contributed by atoms with E-state index in [9.17, 15) is 9.18 Å². The number of hydrogen-bond acceptors (Lipinski definition) is 5. The van der Waals surface area contributed by atoms with E-state index in [1.165, 1.54) is 0 Å². The lowest BCUT2D eigenvalue weighted by atomic mass is 10.2. The van der Waals surface area contributed by atoms with Crippen LogP contribution in [0.25, 0.3) is 0 Å². The van der Waals surface area contributed by atoms with Gasteiger partial charge in [-0.2, -0.15) is 5.10 Å². The number of halogens is 1. The van der Waals surface area contributed by atoms with E-state index in [1.807, 2.05) is 6.92 Å². The molecule has 0 radical (unpaired) electrons. The molecule has 0 aromatic carbocycles. The normalized spacial score (nSPS) is 10.4. The number of hydrogen-bond donors (Lipinski definition) is 2. The zero-order chi connectivity index (χ0) is 15.2. The van der Waals surface area contributed by atoms with Gasteiger partial charge in [-0.1, -0.05) is 6.92 Å². The smallest absolute Gasteiger partial charge is 0.255 e. The summed E-state index contributed by atoms with van der Waals surface area (Å²) in [6.07, 6.45) is 3.49. The second kappa shape index (κ2) is 6.78. The number of carbonyl (C=O) groups is 1. The number of aryl methyl sites for hydroxylation is 1. The van der Waals surface area contributed by atoms with Gasteiger partial charge in [0, 0.05) is 13.6 Å². The first kappa shape index (κ1) is 14.9. The fourth-order valence-electron chi connectivity index (χ4n) is 1.72. The lowest BCUT2D eigenvalue weighted by Gasteiger charge is -2.10. The third kappa shape index (κ3) is 3.98. The third-order valence-corrected chi connectivity index (χ3v) is 2.70. The summed E-state index contributed by atoms with van der Waals surface area (Å²) in [6.45, 7) is 2.81. The van der Waals surface area contributed by atoms with Crippen LogP contribution in [0.5, 0.6) is 0 Å². The van der Waals surface area contributed by atoms with Crippen molar-refractivity contribution in [3.8, 4) is 0 Å². The van der Waals surface area contributed by atoms with E-state index in [1.54, 1.807) is 18.1 Å². The summed E-state index contributed by atoms with van der Waals surface area (Å²) < 4.78 is 14.8. The number of rotatable bonds is 6. The molecule has 0 unspecified atom stereocenters. The highest BCUT2D eigenvalue weighted by Crippen LogP contribution is 2.13. The Balaban J connectivity index is 2.08. The summed E-state index contributed by atoms with van der Waals surface area (Å²) in [5, 5.41) is 9.70. The van der Waals surface area contributed by atoms with Crippen LogP contribution in [0.4, 0.5) is 10.2 Å². The van der Waals surface area contributed by atoms with E-state index < -0.39 is 11.7 Å². The molecule has 0 fully saturated rings. The quantitative estimate of drug-likeness (QED) is 0.833. The first-order valence-corrected chi connectivity index (χ1v) is 6.62. The van der Waals surface area contributed by atoms with Crippen LogP contribution in [0.15, 0.2) is 18.6 Å². The molecule has 0 aliphatic heterocycles. The average Bonchev–Trinajstić information content (AvgIpc) is 2.89. The molecule has 0 spiro atoms. The van der Waals surface area contributed by atoms with Gasteiger partial charge in [0.2, 0.25) is 0 Å². The van der Waals surface area contributed by atoms with Gasteiger partial charge in [-0.05, 0) is 12.5 Å². The fraction of sp³-hybridized carbons (Fsp3) is 0.385. The van der Waals surface area contributed by atoms with Crippen molar-refractivity contribution in [3.05, 3.63) is 35.8 Å². The van der Waals surface area contributed by atoms with Crippen molar-refractivity contribution >= 4 is 11.7 Å². The van der Waals surface area contributed by atoms with E-state index in [2.05, 4.69) is 25.7 Å².